The molecule has 0 aliphatic carbocycles. The molecule has 1 aromatic rings. The van der Waals surface area contributed by atoms with Gasteiger partial charge >= 0.3 is 12.1 Å². The summed E-state index contributed by atoms with van der Waals surface area (Å²) in [7, 11) is 3.04. The van der Waals surface area contributed by atoms with Gasteiger partial charge in [0.15, 0.2) is 11.5 Å². The summed E-state index contributed by atoms with van der Waals surface area (Å²) in [5.74, 6) is -0.0692. The maximum atomic E-state index is 11.8. The Labute approximate surface area is 154 Å². The molecule has 0 heterocycles. The molecule has 1 atom stereocenters. The van der Waals surface area contributed by atoms with E-state index in [9.17, 15) is 14.7 Å². The van der Waals surface area contributed by atoms with Crippen molar-refractivity contribution in [3.63, 3.8) is 0 Å². The minimum atomic E-state index is -1.15. The van der Waals surface area contributed by atoms with E-state index in [1.54, 1.807) is 32.9 Å². The normalized spacial score (nSPS) is 12.2. The highest BCUT2D eigenvalue weighted by atomic mass is 127. The van der Waals surface area contributed by atoms with E-state index < -0.39 is 23.7 Å². The molecular formula is C16H22INO6. The van der Waals surface area contributed by atoms with Crippen LogP contribution in [-0.2, 0) is 16.0 Å². The molecule has 0 spiro atoms. The molecule has 0 saturated carbocycles. The molecule has 2 N–H and O–H groups in total. The zero-order valence-electron chi connectivity index (χ0n) is 14.3. The first-order valence-electron chi connectivity index (χ1n) is 7.20. The third-order valence-electron chi connectivity index (χ3n) is 2.92. The number of benzene rings is 1. The van der Waals surface area contributed by atoms with Crippen molar-refractivity contribution in [2.45, 2.75) is 38.8 Å². The molecule has 1 rings (SSSR count). The van der Waals surface area contributed by atoms with Crippen LogP contribution in [0.2, 0.25) is 0 Å². The Morgan fingerprint density at radius 3 is 2.33 bits per heavy atom. The van der Waals surface area contributed by atoms with E-state index in [4.69, 9.17) is 14.2 Å². The van der Waals surface area contributed by atoms with Crippen LogP contribution in [0.15, 0.2) is 12.1 Å². The van der Waals surface area contributed by atoms with Gasteiger partial charge in [-0.1, -0.05) is 0 Å². The third-order valence-corrected chi connectivity index (χ3v) is 3.72. The third kappa shape index (κ3) is 6.06. The lowest BCUT2D eigenvalue weighted by Crippen LogP contribution is -2.44. The Morgan fingerprint density at radius 1 is 1.25 bits per heavy atom. The number of aliphatic carboxylic acids is 1. The van der Waals surface area contributed by atoms with Crippen LogP contribution >= 0.6 is 22.6 Å². The van der Waals surface area contributed by atoms with Crippen molar-refractivity contribution in [3.8, 4) is 11.5 Å². The number of hydrogen-bond donors (Lipinski definition) is 2. The van der Waals surface area contributed by atoms with Crippen LogP contribution in [0.4, 0.5) is 4.79 Å². The molecule has 0 radical (unpaired) electrons. The van der Waals surface area contributed by atoms with E-state index in [0.717, 1.165) is 3.57 Å². The summed E-state index contributed by atoms with van der Waals surface area (Å²) in [6.07, 6.45) is -0.685. The Morgan fingerprint density at radius 2 is 1.88 bits per heavy atom. The van der Waals surface area contributed by atoms with Crippen molar-refractivity contribution in [1.82, 2.24) is 5.32 Å². The van der Waals surface area contributed by atoms with Crippen molar-refractivity contribution < 1.29 is 28.9 Å². The van der Waals surface area contributed by atoms with Crippen LogP contribution in [0.1, 0.15) is 26.3 Å². The topological polar surface area (TPSA) is 94.1 Å². The average Bonchev–Trinajstić information content (AvgIpc) is 2.43. The SMILES string of the molecule is COc1cc(CC(NC(=O)OC(C)(C)C)C(=O)O)cc(I)c1OC. The van der Waals surface area contributed by atoms with Crippen LogP contribution in [0.5, 0.6) is 11.5 Å². The smallest absolute Gasteiger partial charge is 0.408 e. The van der Waals surface area contributed by atoms with Gasteiger partial charge in [0.1, 0.15) is 11.6 Å². The predicted octanol–water partition coefficient (Wildman–Crippen LogP) is 2.83. The quantitative estimate of drug-likeness (QED) is 0.647. The lowest BCUT2D eigenvalue weighted by molar-refractivity contribution is -0.139. The molecule has 1 aromatic carbocycles. The highest BCUT2D eigenvalue weighted by molar-refractivity contribution is 14.1. The summed E-state index contributed by atoms with van der Waals surface area (Å²) < 4.78 is 16.4. The Bertz CT molecular complexity index is 611. The fourth-order valence-corrected chi connectivity index (χ4v) is 2.86. The molecule has 8 heteroatoms. The highest BCUT2D eigenvalue weighted by Crippen LogP contribution is 2.33. The number of amides is 1. The van der Waals surface area contributed by atoms with Crippen molar-refractivity contribution in [2.24, 2.45) is 0 Å². The lowest BCUT2D eigenvalue weighted by Gasteiger charge is -2.22. The maximum absolute atomic E-state index is 11.8. The molecule has 0 aliphatic rings. The van der Waals surface area contributed by atoms with E-state index in [1.165, 1.54) is 14.2 Å². The number of rotatable bonds is 6. The van der Waals surface area contributed by atoms with Crippen LogP contribution in [-0.4, -0.2) is 43.0 Å². The van der Waals surface area contributed by atoms with Gasteiger partial charge in [-0.15, -0.1) is 0 Å². The lowest BCUT2D eigenvalue weighted by atomic mass is 10.1. The molecule has 134 valence electrons. The second-order valence-corrected chi connectivity index (χ2v) is 7.22. The fraction of sp³-hybridized carbons (Fsp3) is 0.500. The van der Waals surface area contributed by atoms with E-state index in [1.807, 2.05) is 0 Å². The van der Waals surface area contributed by atoms with Crippen LogP contribution < -0.4 is 14.8 Å². The van der Waals surface area contributed by atoms with Crippen molar-refractivity contribution in [3.05, 3.63) is 21.3 Å². The molecule has 1 amide bonds. The summed E-state index contributed by atoms with van der Waals surface area (Å²) in [6, 6.07) is 2.36. The van der Waals surface area contributed by atoms with Crippen molar-refractivity contribution in [1.29, 1.82) is 0 Å². The van der Waals surface area contributed by atoms with Gasteiger partial charge in [0.2, 0.25) is 0 Å². The predicted molar refractivity (Wildman–Crippen MR) is 96.8 cm³/mol. The van der Waals surface area contributed by atoms with Gasteiger partial charge < -0.3 is 24.6 Å². The number of ether oxygens (including phenoxy) is 3. The van der Waals surface area contributed by atoms with Gasteiger partial charge in [-0.05, 0) is 61.1 Å². The van der Waals surface area contributed by atoms with E-state index >= 15 is 0 Å². The first-order valence-corrected chi connectivity index (χ1v) is 8.28. The zero-order chi connectivity index (χ0) is 18.5. The van der Waals surface area contributed by atoms with Crippen molar-refractivity contribution >= 4 is 34.7 Å². The van der Waals surface area contributed by atoms with Gasteiger partial charge in [-0.3, -0.25) is 0 Å². The summed E-state index contributed by atoms with van der Waals surface area (Å²) in [5, 5.41) is 11.7. The van der Waals surface area contributed by atoms with Gasteiger partial charge in [-0.2, -0.15) is 0 Å². The molecular weight excluding hydrogens is 429 g/mol. The second-order valence-electron chi connectivity index (χ2n) is 6.05. The zero-order valence-corrected chi connectivity index (χ0v) is 16.5. The Hall–Kier alpha value is -1.71. The minimum absolute atomic E-state index is 0.0882. The molecule has 0 saturated heterocycles. The van der Waals surface area contributed by atoms with Gasteiger partial charge in [0, 0.05) is 6.42 Å². The summed E-state index contributed by atoms with van der Waals surface area (Å²) in [5.41, 5.74) is -0.00762. The van der Waals surface area contributed by atoms with Gasteiger partial charge in [0.25, 0.3) is 0 Å². The number of alkyl carbamates (subject to hydrolysis) is 1. The van der Waals surface area contributed by atoms with E-state index in [0.29, 0.717) is 17.1 Å². The van der Waals surface area contributed by atoms with E-state index in [2.05, 4.69) is 27.9 Å². The molecule has 0 aliphatic heterocycles. The Balaban J connectivity index is 2.95. The number of nitrogens with one attached hydrogen (secondary N) is 1. The first-order chi connectivity index (χ1) is 11.1. The summed E-state index contributed by atoms with van der Waals surface area (Å²) in [6.45, 7) is 5.12. The molecule has 1 unspecified atom stereocenters. The van der Waals surface area contributed by atoms with Gasteiger partial charge in [-0.25, -0.2) is 9.59 Å². The monoisotopic (exact) mass is 451 g/mol. The standard InChI is InChI=1S/C16H22INO6/c1-16(2,3)24-15(21)18-11(14(19)20)7-9-6-10(17)13(23-5)12(8-9)22-4/h6,8,11H,7H2,1-5H3,(H,18,21)(H,19,20). The molecule has 0 bridgehead atoms. The number of carboxylic acids is 1. The second kappa shape index (κ2) is 8.41. The first kappa shape index (κ1) is 20.3. The fourth-order valence-electron chi connectivity index (χ4n) is 1.97. The number of carbonyl (C=O) groups excluding carboxylic acids is 1. The summed E-state index contributed by atoms with van der Waals surface area (Å²) >= 11 is 2.08. The van der Waals surface area contributed by atoms with Crippen LogP contribution in [0.25, 0.3) is 0 Å². The van der Waals surface area contributed by atoms with Crippen molar-refractivity contribution in [2.75, 3.05) is 14.2 Å². The molecule has 7 nitrogen and oxygen atoms in total. The summed E-state index contributed by atoms with van der Waals surface area (Å²) in [4.78, 5) is 23.3. The molecule has 0 aromatic heterocycles. The number of carbonyl (C=O) groups is 2. The molecule has 0 fully saturated rings. The largest absolute Gasteiger partial charge is 0.493 e. The van der Waals surface area contributed by atoms with Crippen LogP contribution in [0, 0.1) is 3.57 Å². The molecule has 24 heavy (non-hydrogen) atoms. The highest BCUT2D eigenvalue weighted by Gasteiger charge is 2.25. The average molecular weight is 451 g/mol. The van der Waals surface area contributed by atoms with E-state index in [-0.39, 0.29) is 6.42 Å². The number of methoxy groups -OCH3 is 2. The van der Waals surface area contributed by atoms with Gasteiger partial charge in [0.05, 0.1) is 17.8 Å². The Kier molecular flexibility index (Phi) is 7.12. The number of hydrogen-bond acceptors (Lipinski definition) is 5. The van der Waals surface area contributed by atoms with Crippen LogP contribution in [0.3, 0.4) is 0 Å². The minimum Gasteiger partial charge on any atom is -0.493 e. The number of carboxylic acid groups (broad SMARTS) is 1. The maximum Gasteiger partial charge on any atom is 0.408 e. The number of halogens is 1.